The van der Waals surface area contributed by atoms with Crippen molar-refractivity contribution in [1.29, 1.82) is 0 Å². The van der Waals surface area contributed by atoms with Gasteiger partial charge in [-0.1, -0.05) is 35.9 Å². The van der Waals surface area contributed by atoms with Crippen molar-refractivity contribution in [2.24, 2.45) is 0 Å². The highest BCUT2D eigenvalue weighted by Crippen LogP contribution is 2.29. The molecule has 31 heavy (non-hydrogen) atoms. The van der Waals surface area contributed by atoms with Crippen LogP contribution < -0.4 is 14.4 Å². The van der Waals surface area contributed by atoms with Crippen LogP contribution in [-0.2, 0) is 0 Å². The number of halogens is 2. The van der Waals surface area contributed by atoms with Gasteiger partial charge in [-0.25, -0.2) is 0 Å². The molecule has 170 valence electrons. The van der Waals surface area contributed by atoms with Crippen molar-refractivity contribution in [1.82, 2.24) is 4.90 Å². The second-order valence-corrected chi connectivity index (χ2v) is 8.03. The van der Waals surface area contributed by atoms with Crippen LogP contribution in [0.25, 0.3) is 6.08 Å². The maximum atomic E-state index is 10.5. The zero-order valence-electron chi connectivity index (χ0n) is 18.4. The van der Waals surface area contributed by atoms with Crippen molar-refractivity contribution in [3.8, 4) is 11.5 Å². The van der Waals surface area contributed by atoms with Crippen molar-refractivity contribution < 1.29 is 14.6 Å². The molecule has 0 aromatic heterocycles. The molecule has 3 rings (SSSR count). The van der Waals surface area contributed by atoms with Gasteiger partial charge in [0.2, 0.25) is 0 Å². The number of anilines is 1. The van der Waals surface area contributed by atoms with Gasteiger partial charge in [-0.3, -0.25) is 4.90 Å². The number of hydrogen-bond acceptors (Lipinski definition) is 5. The Labute approximate surface area is 196 Å². The quantitative estimate of drug-likeness (QED) is 0.611. The fourth-order valence-corrected chi connectivity index (χ4v) is 3.90. The standard InChI is InChI=1S/C24H31ClN2O3.ClH/c1-4-5-19-7-9-23(24(14-19)29-3)30-17-21(28)16-26-10-12-27(13-11-26)22-15-20(25)8-6-18(22)2;/h4-9,14-15,21,28H,10-13,16-17H2,1-3H3;1H. The maximum Gasteiger partial charge on any atom is 0.161 e. The lowest BCUT2D eigenvalue weighted by Crippen LogP contribution is -2.49. The molecule has 1 unspecified atom stereocenters. The molecule has 1 fully saturated rings. The minimum absolute atomic E-state index is 0. The molecule has 0 bridgehead atoms. The topological polar surface area (TPSA) is 45.2 Å². The summed E-state index contributed by atoms with van der Waals surface area (Å²) >= 11 is 6.17. The Bertz CT molecular complexity index is 868. The van der Waals surface area contributed by atoms with Crippen LogP contribution in [0.1, 0.15) is 18.1 Å². The Morgan fingerprint density at radius 2 is 1.84 bits per heavy atom. The van der Waals surface area contributed by atoms with E-state index in [1.165, 1.54) is 11.3 Å². The molecule has 0 spiro atoms. The van der Waals surface area contributed by atoms with Crippen LogP contribution >= 0.6 is 24.0 Å². The van der Waals surface area contributed by atoms with Crippen LogP contribution in [0.2, 0.25) is 5.02 Å². The van der Waals surface area contributed by atoms with Gasteiger partial charge in [0.25, 0.3) is 0 Å². The highest BCUT2D eigenvalue weighted by atomic mass is 35.5. The first-order chi connectivity index (χ1) is 14.5. The molecule has 5 nitrogen and oxygen atoms in total. The lowest BCUT2D eigenvalue weighted by molar-refractivity contribution is 0.0653. The number of aryl methyl sites for hydroxylation is 1. The number of aliphatic hydroxyl groups is 1. The van der Waals surface area contributed by atoms with Crippen LogP contribution in [0.3, 0.4) is 0 Å². The molecule has 0 aliphatic carbocycles. The van der Waals surface area contributed by atoms with E-state index in [4.69, 9.17) is 21.1 Å². The van der Waals surface area contributed by atoms with E-state index in [1.807, 2.05) is 49.4 Å². The van der Waals surface area contributed by atoms with Crippen molar-refractivity contribution >= 4 is 35.8 Å². The highest BCUT2D eigenvalue weighted by Gasteiger charge is 2.21. The highest BCUT2D eigenvalue weighted by molar-refractivity contribution is 6.30. The van der Waals surface area contributed by atoms with E-state index < -0.39 is 6.10 Å². The summed E-state index contributed by atoms with van der Waals surface area (Å²) in [5.41, 5.74) is 3.48. The molecule has 1 atom stereocenters. The number of rotatable bonds is 8. The predicted molar refractivity (Wildman–Crippen MR) is 131 cm³/mol. The summed E-state index contributed by atoms with van der Waals surface area (Å²) < 4.78 is 11.3. The third kappa shape index (κ3) is 7.04. The van der Waals surface area contributed by atoms with Gasteiger partial charge in [-0.05, 0) is 49.2 Å². The minimum Gasteiger partial charge on any atom is -0.493 e. The Morgan fingerprint density at radius 1 is 1.10 bits per heavy atom. The van der Waals surface area contributed by atoms with E-state index in [2.05, 4.69) is 22.8 Å². The molecule has 0 amide bonds. The minimum atomic E-state index is -0.565. The third-order valence-electron chi connectivity index (χ3n) is 5.33. The average molecular weight is 467 g/mol. The van der Waals surface area contributed by atoms with Gasteiger partial charge in [0.1, 0.15) is 12.7 Å². The average Bonchev–Trinajstić information content (AvgIpc) is 2.75. The molecule has 1 aliphatic rings. The van der Waals surface area contributed by atoms with Crippen molar-refractivity contribution in [3.05, 3.63) is 58.6 Å². The second-order valence-electron chi connectivity index (χ2n) is 7.59. The zero-order chi connectivity index (χ0) is 21.5. The molecular formula is C24H32Cl2N2O3. The number of allylic oxidation sites excluding steroid dienone is 1. The molecule has 2 aromatic rings. The van der Waals surface area contributed by atoms with Crippen LogP contribution in [0.5, 0.6) is 11.5 Å². The molecule has 1 saturated heterocycles. The van der Waals surface area contributed by atoms with Gasteiger partial charge in [-0.15, -0.1) is 12.4 Å². The molecule has 1 heterocycles. The monoisotopic (exact) mass is 466 g/mol. The summed E-state index contributed by atoms with van der Waals surface area (Å²) in [6.07, 6.45) is 3.42. The van der Waals surface area contributed by atoms with Crippen LogP contribution in [0.4, 0.5) is 5.69 Å². The number of nitrogens with zero attached hydrogens (tertiary/aromatic N) is 2. The smallest absolute Gasteiger partial charge is 0.161 e. The number of benzene rings is 2. The van der Waals surface area contributed by atoms with E-state index >= 15 is 0 Å². The SMILES string of the molecule is CC=Cc1ccc(OCC(O)CN2CCN(c3cc(Cl)ccc3C)CC2)c(OC)c1.Cl. The maximum absolute atomic E-state index is 10.5. The largest absolute Gasteiger partial charge is 0.493 e. The summed E-state index contributed by atoms with van der Waals surface area (Å²) in [6.45, 7) is 8.51. The van der Waals surface area contributed by atoms with Gasteiger partial charge in [0.15, 0.2) is 11.5 Å². The number of β-amino-alcohol motifs (C(OH)–C–C–N with tert-alkyl or cyclic N) is 1. The van der Waals surface area contributed by atoms with Crippen LogP contribution in [0, 0.1) is 6.92 Å². The molecule has 0 radical (unpaired) electrons. The lowest BCUT2D eigenvalue weighted by atomic mass is 10.1. The first-order valence-electron chi connectivity index (χ1n) is 10.3. The van der Waals surface area contributed by atoms with E-state index in [0.29, 0.717) is 18.0 Å². The number of methoxy groups -OCH3 is 1. The molecule has 1 N–H and O–H groups in total. The lowest BCUT2D eigenvalue weighted by Gasteiger charge is -2.37. The summed E-state index contributed by atoms with van der Waals surface area (Å²) in [5, 5.41) is 11.2. The molecule has 2 aromatic carbocycles. The predicted octanol–water partition coefficient (Wildman–Crippen LogP) is 4.67. The van der Waals surface area contributed by atoms with Crippen LogP contribution in [0.15, 0.2) is 42.5 Å². The van der Waals surface area contributed by atoms with E-state index in [-0.39, 0.29) is 19.0 Å². The fourth-order valence-electron chi connectivity index (χ4n) is 3.73. The Hall–Kier alpha value is -1.92. The first-order valence-corrected chi connectivity index (χ1v) is 10.7. The third-order valence-corrected chi connectivity index (χ3v) is 5.57. The van der Waals surface area contributed by atoms with E-state index in [1.54, 1.807) is 7.11 Å². The molecule has 7 heteroatoms. The van der Waals surface area contributed by atoms with Crippen molar-refractivity contribution in [3.63, 3.8) is 0 Å². The first kappa shape index (κ1) is 25.3. The number of aliphatic hydroxyl groups excluding tert-OH is 1. The Morgan fingerprint density at radius 3 is 2.52 bits per heavy atom. The van der Waals surface area contributed by atoms with Gasteiger partial charge < -0.3 is 19.5 Å². The van der Waals surface area contributed by atoms with Gasteiger partial charge in [0, 0.05) is 43.4 Å². The van der Waals surface area contributed by atoms with Crippen LogP contribution in [-0.4, -0.2) is 62.6 Å². The summed E-state index contributed by atoms with van der Waals surface area (Å²) in [6, 6.07) is 11.8. The Balaban J connectivity index is 0.00000341. The zero-order valence-corrected chi connectivity index (χ0v) is 20.0. The number of ether oxygens (including phenoxy) is 2. The number of piperazine rings is 1. The van der Waals surface area contributed by atoms with E-state index in [9.17, 15) is 5.11 Å². The Kier molecular flexibility index (Phi) is 9.97. The normalized spacial score (nSPS) is 15.6. The molecule has 0 saturated carbocycles. The summed E-state index contributed by atoms with van der Waals surface area (Å²) in [7, 11) is 1.62. The summed E-state index contributed by atoms with van der Waals surface area (Å²) in [5.74, 6) is 1.31. The van der Waals surface area contributed by atoms with E-state index in [0.717, 1.165) is 36.8 Å². The van der Waals surface area contributed by atoms with Crippen molar-refractivity contribution in [2.75, 3.05) is 51.3 Å². The van der Waals surface area contributed by atoms with Gasteiger partial charge in [0.05, 0.1) is 7.11 Å². The molecule has 1 aliphatic heterocycles. The van der Waals surface area contributed by atoms with Gasteiger partial charge >= 0.3 is 0 Å². The fraction of sp³-hybridized carbons (Fsp3) is 0.417. The summed E-state index contributed by atoms with van der Waals surface area (Å²) in [4.78, 5) is 4.63. The molecular weight excluding hydrogens is 435 g/mol. The number of hydrogen-bond donors (Lipinski definition) is 1. The van der Waals surface area contributed by atoms with Gasteiger partial charge in [-0.2, -0.15) is 0 Å². The van der Waals surface area contributed by atoms with Crippen molar-refractivity contribution in [2.45, 2.75) is 20.0 Å². The second kappa shape index (κ2) is 12.2.